The highest BCUT2D eigenvalue weighted by molar-refractivity contribution is 6.63. The molecular formula is C18H40O7Si. The van der Waals surface area contributed by atoms with Crippen molar-refractivity contribution in [3.05, 3.63) is 0 Å². The molecule has 0 aliphatic rings. The van der Waals surface area contributed by atoms with Crippen molar-refractivity contribution in [3.8, 4) is 0 Å². The van der Waals surface area contributed by atoms with E-state index >= 15 is 0 Å². The maximum absolute atomic E-state index is 6.19. The minimum atomic E-state index is -3.50. The van der Waals surface area contributed by atoms with E-state index in [-0.39, 0.29) is 0 Å². The van der Waals surface area contributed by atoms with Gasteiger partial charge in [0.05, 0.1) is 0 Å². The van der Waals surface area contributed by atoms with Crippen molar-refractivity contribution >= 4 is 8.80 Å². The summed E-state index contributed by atoms with van der Waals surface area (Å²) in [6.07, 6.45) is 4.81. The lowest BCUT2D eigenvalue weighted by Crippen LogP contribution is -2.77. The SMILES string of the molecule is CCCCCCC(OC)(OCC)C(OCC)(OCC)[Si](OC)(OC)OC. The van der Waals surface area contributed by atoms with E-state index in [1.807, 2.05) is 20.8 Å². The van der Waals surface area contributed by atoms with E-state index in [0.29, 0.717) is 26.2 Å². The van der Waals surface area contributed by atoms with E-state index in [1.54, 1.807) is 7.11 Å². The van der Waals surface area contributed by atoms with E-state index in [1.165, 1.54) is 21.3 Å². The molecule has 0 saturated carbocycles. The van der Waals surface area contributed by atoms with Crippen LogP contribution in [0, 0.1) is 0 Å². The van der Waals surface area contributed by atoms with Crippen LogP contribution in [-0.2, 0) is 32.2 Å². The van der Waals surface area contributed by atoms with Crippen LogP contribution in [0.3, 0.4) is 0 Å². The predicted molar refractivity (Wildman–Crippen MR) is 103 cm³/mol. The van der Waals surface area contributed by atoms with E-state index < -0.39 is 20.0 Å². The third-order valence-corrected chi connectivity index (χ3v) is 7.56. The Labute approximate surface area is 160 Å². The van der Waals surface area contributed by atoms with Gasteiger partial charge in [-0.1, -0.05) is 26.2 Å². The summed E-state index contributed by atoms with van der Waals surface area (Å²) < 4.78 is 41.8. The molecule has 0 heterocycles. The van der Waals surface area contributed by atoms with Crippen LogP contribution in [0.4, 0.5) is 0 Å². The number of unbranched alkanes of at least 4 members (excludes halogenated alkanes) is 3. The van der Waals surface area contributed by atoms with Crippen LogP contribution in [0.25, 0.3) is 0 Å². The summed E-state index contributed by atoms with van der Waals surface area (Å²) in [5, 5.41) is 0. The largest absolute Gasteiger partial charge is 0.569 e. The fourth-order valence-corrected chi connectivity index (χ4v) is 6.09. The van der Waals surface area contributed by atoms with Gasteiger partial charge in [-0.05, 0) is 27.2 Å². The topological polar surface area (TPSA) is 64.6 Å². The lowest BCUT2D eigenvalue weighted by Gasteiger charge is -2.51. The first-order chi connectivity index (χ1) is 12.5. The Balaban J connectivity index is 6.28. The molecule has 0 aromatic carbocycles. The van der Waals surface area contributed by atoms with Crippen molar-refractivity contribution in [2.75, 3.05) is 48.3 Å². The van der Waals surface area contributed by atoms with Crippen LogP contribution in [0.1, 0.15) is 59.8 Å². The highest BCUT2D eigenvalue weighted by Crippen LogP contribution is 2.44. The summed E-state index contributed by atoms with van der Waals surface area (Å²) in [4.78, 5) is 0. The van der Waals surface area contributed by atoms with Gasteiger partial charge in [0.1, 0.15) is 0 Å². The van der Waals surface area contributed by atoms with Crippen molar-refractivity contribution in [2.45, 2.75) is 71.0 Å². The molecule has 0 rings (SSSR count). The van der Waals surface area contributed by atoms with Crippen LogP contribution < -0.4 is 0 Å². The minimum absolute atomic E-state index is 0.359. The lowest BCUT2D eigenvalue weighted by molar-refractivity contribution is -0.387. The van der Waals surface area contributed by atoms with Crippen LogP contribution >= 0.6 is 0 Å². The third-order valence-electron chi connectivity index (χ3n) is 4.47. The van der Waals surface area contributed by atoms with Gasteiger partial charge in [-0.3, -0.25) is 0 Å². The van der Waals surface area contributed by atoms with E-state index in [2.05, 4.69) is 6.92 Å². The molecule has 7 nitrogen and oxygen atoms in total. The smallest absolute Gasteiger partial charge is 0.374 e. The van der Waals surface area contributed by atoms with Crippen molar-refractivity contribution < 1.29 is 32.2 Å². The summed E-state index contributed by atoms with van der Waals surface area (Å²) >= 11 is 0. The van der Waals surface area contributed by atoms with E-state index in [9.17, 15) is 0 Å². The Morgan fingerprint density at radius 1 is 0.654 bits per heavy atom. The number of hydrogen-bond donors (Lipinski definition) is 0. The van der Waals surface area contributed by atoms with Crippen LogP contribution in [0.5, 0.6) is 0 Å². The highest BCUT2D eigenvalue weighted by atomic mass is 28.4. The summed E-state index contributed by atoms with van der Waals surface area (Å²) in [6.45, 7) is 9.00. The summed E-state index contributed by atoms with van der Waals surface area (Å²) in [5.41, 5.74) is -1.45. The van der Waals surface area contributed by atoms with Gasteiger partial charge in [0.15, 0.2) is 0 Å². The molecule has 0 aromatic rings. The Kier molecular flexibility index (Phi) is 13.1. The Hall–Kier alpha value is -0.0631. The van der Waals surface area contributed by atoms with Crippen LogP contribution in [-0.4, -0.2) is 68.3 Å². The van der Waals surface area contributed by atoms with Crippen molar-refractivity contribution in [3.63, 3.8) is 0 Å². The van der Waals surface area contributed by atoms with Gasteiger partial charge < -0.3 is 32.2 Å². The Bertz CT molecular complexity index is 338. The van der Waals surface area contributed by atoms with Gasteiger partial charge in [0.2, 0.25) is 5.79 Å². The molecule has 0 radical (unpaired) electrons. The average Bonchev–Trinajstić information content (AvgIpc) is 2.66. The molecule has 0 bridgehead atoms. The second kappa shape index (κ2) is 13.2. The molecule has 0 aliphatic heterocycles. The fraction of sp³-hybridized carbons (Fsp3) is 1.00. The molecule has 0 fully saturated rings. The fourth-order valence-electron chi connectivity index (χ4n) is 3.38. The molecule has 26 heavy (non-hydrogen) atoms. The molecule has 0 aromatic heterocycles. The molecule has 158 valence electrons. The molecule has 1 atom stereocenters. The monoisotopic (exact) mass is 396 g/mol. The van der Waals surface area contributed by atoms with Crippen molar-refractivity contribution in [2.24, 2.45) is 0 Å². The van der Waals surface area contributed by atoms with Crippen molar-refractivity contribution in [1.29, 1.82) is 0 Å². The molecule has 0 spiro atoms. The normalized spacial score (nSPS) is 15.2. The molecule has 0 N–H and O–H groups in total. The zero-order valence-corrected chi connectivity index (χ0v) is 19.0. The van der Waals surface area contributed by atoms with Gasteiger partial charge in [-0.2, -0.15) is 0 Å². The second-order valence-electron chi connectivity index (χ2n) is 5.85. The van der Waals surface area contributed by atoms with E-state index in [4.69, 9.17) is 32.2 Å². The van der Waals surface area contributed by atoms with E-state index in [0.717, 1.165) is 25.7 Å². The summed E-state index contributed by atoms with van der Waals surface area (Å²) in [6, 6.07) is 0. The summed E-state index contributed by atoms with van der Waals surface area (Å²) in [5.74, 6) is -1.21. The van der Waals surface area contributed by atoms with Gasteiger partial charge in [-0.15, -0.1) is 0 Å². The zero-order valence-electron chi connectivity index (χ0n) is 18.0. The van der Waals surface area contributed by atoms with Crippen molar-refractivity contribution in [1.82, 2.24) is 0 Å². The van der Waals surface area contributed by atoms with Gasteiger partial charge in [0, 0.05) is 54.7 Å². The molecule has 8 heteroatoms. The van der Waals surface area contributed by atoms with Gasteiger partial charge in [-0.25, -0.2) is 0 Å². The quantitative estimate of drug-likeness (QED) is 0.212. The Morgan fingerprint density at radius 3 is 1.50 bits per heavy atom. The van der Waals surface area contributed by atoms with Crippen LogP contribution in [0.2, 0.25) is 0 Å². The number of methoxy groups -OCH3 is 1. The van der Waals surface area contributed by atoms with Gasteiger partial charge in [0.25, 0.3) is 5.41 Å². The zero-order chi connectivity index (χ0) is 20.1. The standard InChI is InChI=1S/C18H40O7Si/c1-9-13-14-15-16-17(19-5,23-10-2)18(24-11-3,25-12-4)26(20-6,21-7)22-8/h9-16H2,1-8H3. The highest BCUT2D eigenvalue weighted by Gasteiger charge is 2.74. The molecular weight excluding hydrogens is 356 g/mol. The third kappa shape index (κ3) is 5.26. The molecule has 0 saturated heterocycles. The number of ether oxygens (including phenoxy) is 4. The van der Waals surface area contributed by atoms with Gasteiger partial charge >= 0.3 is 8.80 Å². The molecule has 0 amide bonds. The molecule has 1 unspecified atom stereocenters. The molecule has 0 aliphatic carbocycles. The second-order valence-corrected chi connectivity index (χ2v) is 8.85. The predicted octanol–water partition coefficient (Wildman–Crippen LogP) is 3.52. The average molecular weight is 397 g/mol. The summed E-state index contributed by atoms with van der Waals surface area (Å²) in [7, 11) is 2.72. The first kappa shape index (κ1) is 25.9. The Morgan fingerprint density at radius 2 is 1.15 bits per heavy atom. The number of rotatable bonds is 17. The lowest BCUT2D eigenvalue weighted by atomic mass is 10.0. The minimum Gasteiger partial charge on any atom is -0.374 e. The maximum Gasteiger partial charge on any atom is 0.569 e. The first-order valence-electron chi connectivity index (χ1n) is 9.61. The number of hydrogen-bond acceptors (Lipinski definition) is 7. The first-order valence-corrected chi connectivity index (χ1v) is 11.3. The maximum atomic E-state index is 6.19. The van der Waals surface area contributed by atoms with Crippen LogP contribution in [0.15, 0.2) is 0 Å².